The van der Waals surface area contributed by atoms with Gasteiger partial charge in [0, 0.05) is 19.0 Å². The third-order valence-corrected chi connectivity index (χ3v) is 5.79. The summed E-state index contributed by atoms with van der Waals surface area (Å²) >= 11 is 1.69. The fourth-order valence-electron chi connectivity index (χ4n) is 3.07. The molecule has 0 unspecified atom stereocenters. The van der Waals surface area contributed by atoms with Crippen molar-refractivity contribution < 1.29 is 18.9 Å². The zero-order valence-corrected chi connectivity index (χ0v) is 19.0. The summed E-state index contributed by atoms with van der Waals surface area (Å²) in [6.07, 6.45) is 0.174. The van der Waals surface area contributed by atoms with E-state index >= 15 is 0 Å². The summed E-state index contributed by atoms with van der Waals surface area (Å²) in [4.78, 5) is 6.47. The predicted molar refractivity (Wildman–Crippen MR) is 126 cm³/mol. The third-order valence-electron chi connectivity index (χ3n) is 4.83. The van der Waals surface area contributed by atoms with Crippen LogP contribution in [-0.4, -0.2) is 57.6 Å². The minimum Gasteiger partial charge on any atom is -0.497 e. The van der Waals surface area contributed by atoms with E-state index in [9.17, 15) is 0 Å². The molecule has 0 amide bonds. The highest BCUT2D eigenvalue weighted by atomic mass is 32.2. The molecule has 0 aromatic heterocycles. The number of hydrogen-bond acceptors (Lipinski definition) is 7. The Bertz CT molecular complexity index is 821. The van der Waals surface area contributed by atoms with E-state index in [2.05, 4.69) is 40.9 Å². The van der Waals surface area contributed by atoms with Crippen molar-refractivity contribution in [3.63, 3.8) is 0 Å². The Labute approximate surface area is 188 Å². The molecule has 6 nitrogen and oxygen atoms in total. The van der Waals surface area contributed by atoms with Gasteiger partial charge in [0.1, 0.15) is 17.6 Å². The number of thioether (sulfide) groups is 1. The van der Waals surface area contributed by atoms with Gasteiger partial charge < -0.3 is 18.9 Å². The number of methoxy groups -OCH3 is 2. The molecule has 31 heavy (non-hydrogen) atoms. The van der Waals surface area contributed by atoms with Gasteiger partial charge in [-0.25, -0.2) is 0 Å². The van der Waals surface area contributed by atoms with Crippen LogP contribution in [0, 0.1) is 0 Å². The van der Waals surface area contributed by atoms with Crippen LogP contribution in [0.3, 0.4) is 0 Å². The molecular formula is C24H30N2O4S. The van der Waals surface area contributed by atoms with Crippen LogP contribution < -0.4 is 9.47 Å². The lowest BCUT2D eigenvalue weighted by Gasteiger charge is -2.26. The maximum Gasteiger partial charge on any atom is 0.119 e. The second-order valence-electron chi connectivity index (χ2n) is 7.22. The molecule has 7 heteroatoms. The van der Waals surface area contributed by atoms with Gasteiger partial charge in [-0.05, 0) is 47.5 Å². The van der Waals surface area contributed by atoms with Crippen molar-refractivity contribution in [1.82, 2.24) is 4.90 Å². The zero-order valence-electron chi connectivity index (χ0n) is 18.2. The maximum absolute atomic E-state index is 5.75. The van der Waals surface area contributed by atoms with Crippen LogP contribution in [0.2, 0.25) is 0 Å². The predicted octanol–water partition coefficient (Wildman–Crippen LogP) is 4.35. The van der Waals surface area contributed by atoms with E-state index in [4.69, 9.17) is 18.9 Å². The standard InChI is InChI=1S/C24H30N2O4S/c1-25-21(14-30-24-15-29-16-24)17-31-18-26(12-19-6-4-8-22(10-19)27-2)13-20-7-5-9-23(11-20)28-3/h4-11,17,24H,1,12-16,18H2,2-3H3/b21-17-. The Hall–Kier alpha value is -2.32. The number of aliphatic imine (C=N–C) groups is 1. The van der Waals surface area contributed by atoms with E-state index < -0.39 is 0 Å². The number of rotatable bonds is 13. The van der Waals surface area contributed by atoms with Crippen LogP contribution in [0.5, 0.6) is 11.5 Å². The monoisotopic (exact) mass is 442 g/mol. The van der Waals surface area contributed by atoms with Gasteiger partial charge in [0.05, 0.1) is 39.7 Å². The lowest BCUT2D eigenvalue weighted by molar-refractivity contribution is -0.124. The van der Waals surface area contributed by atoms with Crippen LogP contribution in [0.4, 0.5) is 0 Å². The molecule has 0 bridgehead atoms. The van der Waals surface area contributed by atoms with E-state index in [1.54, 1.807) is 26.0 Å². The van der Waals surface area contributed by atoms with Gasteiger partial charge in [-0.2, -0.15) is 0 Å². The quantitative estimate of drug-likeness (QED) is 0.340. The first kappa shape index (κ1) is 23.3. The zero-order chi connectivity index (χ0) is 21.9. The van der Waals surface area contributed by atoms with Crippen LogP contribution in [0.15, 0.2) is 64.6 Å². The lowest BCUT2D eigenvalue weighted by Crippen LogP contribution is -2.36. The molecule has 166 valence electrons. The summed E-state index contributed by atoms with van der Waals surface area (Å²) < 4.78 is 21.6. The smallest absolute Gasteiger partial charge is 0.119 e. The highest BCUT2D eigenvalue weighted by Crippen LogP contribution is 2.21. The summed E-state index contributed by atoms with van der Waals surface area (Å²) in [6.45, 7) is 7.03. The van der Waals surface area contributed by atoms with Gasteiger partial charge in [0.25, 0.3) is 0 Å². The van der Waals surface area contributed by atoms with Gasteiger partial charge in [0.2, 0.25) is 0 Å². The van der Waals surface area contributed by atoms with Crippen LogP contribution in [0.25, 0.3) is 0 Å². The molecule has 1 saturated heterocycles. The van der Waals surface area contributed by atoms with Gasteiger partial charge in [-0.3, -0.25) is 9.89 Å². The molecule has 1 fully saturated rings. The van der Waals surface area contributed by atoms with Gasteiger partial charge >= 0.3 is 0 Å². The minimum atomic E-state index is 0.174. The average Bonchev–Trinajstić information content (AvgIpc) is 2.77. The third kappa shape index (κ3) is 7.70. The Morgan fingerprint density at radius 3 is 2.19 bits per heavy atom. The molecule has 2 aromatic carbocycles. The molecule has 2 aromatic rings. The molecule has 0 N–H and O–H groups in total. The van der Waals surface area contributed by atoms with E-state index in [-0.39, 0.29) is 6.10 Å². The molecule has 1 aliphatic heterocycles. The summed E-state index contributed by atoms with van der Waals surface area (Å²) in [5.74, 6) is 2.52. The largest absolute Gasteiger partial charge is 0.497 e. The first-order valence-electron chi connectivity index (χ1n) is 10.1. The fraction of sp³-hybridized carbons (Fsp3) is 0.375. The molecule has 3 rings (SSSR count). The molecule has 1 heterocycles. The molecule has 1 aliphatic rings. The normalized spacial score (nSPS) is 14.4. The number of ether oxygens (including phenoxy) is 4. The first-order chi connectivity index (χ1) is 15.2. The topological polar surface area (TPSA) is 52.5 Å². The minimum absolute atomic E-state index is 0.174. The SMILES string of the molecule is C=N/C(=C\SCN(Cc1cccc(OC)c1)Cc1cccc(OC)c1)COC1COC1. The van der Waals surface area contributed by atoms with Crippen molar-refractivity contribution in [2.75, 3.05) is 39.9 Å². The highest BCUT2D eigenvalue weighted by molar-refractivity contribution is 8.02. The number of benzene rings is 2. The van der Waals surface area contributed by atoms with Crippen molar-refractivity contribution in [2.24, 2.45) is 4.99 Å². The van der Waals surface area contributed by atoms with Crippen molar-refractivity contribution in [3.05, 3.63) is 70.8 Å². The lowest BCUT2D eigenvalue weighted by atomic mass is 10.1. The van der Waals surface area contributed by atoms with E-state index in [1.807, 2.05) is 29.7 Å². The fourth-order valence-corrected chi connectivity index (χ4v) is 3.88. The van der Waals surface area contributed by atoms with E-state index in [1.165, 1.54) is 11.1 Å². The van der Waals surface area contributed by atoms with Gasteiger partial charge in [-0.1, -0.05) is 24.3 Å². The summed E-state index contributed by atoms with van der Waals surface area (Å²) in [5.41, 5.74) is 3.23. The van der Waals surface area contributed by atoms with Gasteiger partial charge in [-0.15, -0.1) is 11.8 Å². The number of nitrogens with zero attached hydrogens (tertiary/aromatic N) is 2. The van der Waals surface area contributed by atoms with Crippen molar-refractivity contribution in [2.45, 2.75) is 19.2 Å². The Balaban J connectivity index is 1.64. The Kier molecular flexibility index (Phi) is 9.42. The summed E-state index contributed by atoms with van der Waals surface area (Å²) in [5, 5.41) is 2.02. The van der Waals surface area contributed by atoms with Gasteiger partial charge in [0.15, 0.2) is 0 Å². The molecular weight excluding hydrogens is 412 g/mol. The van der Waals surface area contributed by atoms with Crippen LogP contribution >= 0.6 is 11.8 Å². The molecule has 0 atom stereocenters. The van der Waals surface area contributed by atoms with Crippen LogP contribution in [-0.2, 0) is 22.6 Å². The van der Waals surface area contributed by atoms with Crippen molar-refractivity contribution >= 4 is 18.5 Å². The van der Waals surface area contributed by atoms with E-state index in [0.29, 0.717) is 19.8 Å². The Morgan fingerprint density at radius 1 is 1.10 bits per heavy atom. The van der Waals surface area contributed by atoms with Crippen molar-refractivity contribution in [1.29, 1.82) is 0 Å². The first-order valence-corrected chi connectivity index (χ1v) is 11.2. The second-order valence-corrected chi connectivity index (χ2v) is 8.05. The molecule has 0 saturated carbocycles. The second kappa shape index (κ2) is 12.5. The van der Waals surface area contributed by atoms with E-state index in [0.717, 1.165) is 36.2 Å². The molecule has 0 aliphatic carbocycles. The van der Waals surface area contributed by atoms with Crippen molar-refractivity contribution in [3.8, 4) is 11.5 Å². The summed E-state index contributed by atoms with van der Waals surface area (Å²) in [6, 6.07) is 16.3. The summed E-state index contributed by atoms with van der Waals surface area (Å²) in [7, 11) is 3.38. The number of hydrogen-bond donors (Lipinski definition) is 0. The highest BCUT2D eigenvalue weighted by Gasteiger charge is 2.19. The Morgan fingerprint density at radius 2 is 1.71 bits per heavy atom. The molecule has 0 spiro atoms. The molecule has 0 radical (unpaired) electrons. The van der Waals surface area contributed by atoms with Crippen LogP contribution in [0.1, 0.15) is 11.1 Å². The maximum atomic E-state index is 5.75. The average molecular weight is 443 g/mol.